The molecule has 2 aliphatic heterocycles. The van der Waals surface area contributed by atoms with Gasteiger partial charge >= 0.3 is 18.2 Å². The molecule has 2 aliphatic rings. The van der Waals surface area contributed by atoms with Crippen LogP contribution in [-0.2, 0) is 41.7 Å². The lowest BCUT2D eigenvalue weighted by Crippen LogP contribution is -2.55. The van der Waals surface area contributed by atoms with Crippen molar-refractivity contribution < 1.29 is 43.3 Å². The van der Waals surface area contributed by atoms with Crippen molar-refractivity contribution in [3.05, 3.63) is 83.9 Å². The van der Waals surface area contributed by atoms with Crippen molar-refractivity contribution in [2.24, 2.45) is 11.8 Å². The van der Waals surface area contributed by atoms with Gasteiger partial charge < -0.3 is 40.3 Å². The highest BCUT2D eigenvalue weighted by atomic mass is 16.6. The highest BCUT2D eigenvalue weighted by Gasteiger charge is 2.43. The van der Waals surface area contributed by atoms with Crippen molar-refractivity contribution in [1.29, 1.82) is 0 Å². The van der Waals surface area contributed by atoms with Gasteiger partial charge in [0.1, 0.15) is 30.3 Å². The molecule has 2 heterocycles. The van der Waals surface area contributed by atoms with Gasteiger partial charge in [-0.05, 0) is 89.2 Å². The number of ether oxygens (including phenoxy) is 2. The van der Waals surface area contributed by atoms with E-state index in [2.05, 4.69) is 16.0 Å². The average Bonchev–Trinajstić information content (AvgIpc) is 3.87. The highest BCUT2D eigenvalue weighted by Crippen LogP contribution is 2.28. The summed E-state index contributed by atoms with van der Waals surface area (Å²) in [7, 11) is 0. The molecule has 5 amide bonds. The maximum atomic E-state index is 14.4. The van der Waals surface area contributed by atoms with E-state index >= 15 is 0 Å². The number of hydrogen-bond donors (Lipinski definition) is 4. The quantitative estimate of drug-likeness (QED) is 0.110. The van der Waals surface area contributed by atoms with Crippen LogP contribution in [0.1, 0.15) is 90.7 Å². The third-order valence-electron chi connectivity index (χ3n) is 10.0. The van der Waals surface area contributed by atoms with E-state index in [1.54, 1.807) is 25.7 Å². The van der Waals surface area contributed by atoms with E-state index in [9.17, 15) is 33.9 Å². The Bertz CT molecular complexity index is 1710. The summed E-state index contributed by atoms with van der Waals surface area (Å²) in [6.45, 7) is 10.4. The van der Waals surface area contributed by atoms with E-state index in [0.29, 0.717) is 51.6 Å². The highest BCUT2D eigenvalue weighted by molar-refractivity contribution is 5.94. The van der Waals surface area contributed by atoms with Gasteiger partial charge in [-0.2, -0.15) is 0 Å². The monoisotopic (exact) mass is 803 g/mol. The van der Waals surface area contributed by atoms with Crippen molar-refractivity contribution in [3.63, 3.8) is 0 Å². The predicted molar refractivity (Wildman–Crippen MR) is 218 cm³/mol. The summed E-state index contributed by atoms with van der Waals surface area (Å²) in [4.78, 5) is 82.3. The van der Waals surface area contributed by atoms with Crippen LogP contribution in [0, 0.1) is 11.8 Å². The number of benzene rings is 2. The number of carbonyl (C=O) groups excluding carboxylic acids is 5. The van der Waals surface area contributed by atoms with Crippen molar-refractivity contribution in [3.8, 4) is 0 Å². The topological polar surface area (TPSA) is 184 Å². The Hall–Kier alpha value is -5.40. The standard InChI is InChI=1S/C44H61N5O9/c1-30(2)27-34(46-43(56)58-44(3,4)5)23-22-33(28-31-15-8-6-9-16-31)39(51)49-26-14-21-37(49)40(52)48-25-13-20-36(48)38(50)47-35(41(53)54)19-12-24-45-42(55)57-29-32-17-10-7-11-18-32/h6-11,15-18,22-23,30,33-37H,12-14,19-21,24-29H2,1-5H3,(H,45,55)(H,46,56)(H,47,50)(H,53,54)/b23-22+/t33-,34+,35-,36-,37-/m0/s1. The number of amides is 5. The van der Waals surface area contributed by atoms with Crippen LogP contribution in [-0.4, -0.2) is 100 Å². The van der Waals surface area contributed by atoms with E-state index in [1.165, 1.54) is 4.90 Å². The molecule has 4 rings (SSSR count). The summed E-state index contributed by atoms with van der Waals surface area (Å²) in [5, 5.41) is 18.1. The van der Waals surface area contributed by atoms with E-state index in [4.69, 9.17) is 9.47 Å². The summed E-state index contributed by atoms with van der Waals surface area (Å²) in [6.07, 6.45) is 5.75. The van der Waals surface area contributed by atoms with Crippen LogP contribution in [0.3, 0.4) is 0 Å². The number of nitrogens with one attached hydrogen (secondary N) is 3. The fraction of sp³-hybridized carbons (Fsp3) is 0.545. The zero-order valence-corrected chi connectivity index (χ0v) is 34.5. The first-order chi connectivity index (χ1) is 27.6. The zero-order chi connectivity index (χ0) is 42.2. The normalized spacial score (nSPS) is 18.4. The first-order valence-electron chi connectivity index (χ1n) is 20.4. The number of carboxylic acid groups (broad SMARTS) is 1. The molecule has 316 valence electrons. The van der Waals surface area contributed by atoms with Crippen molar-refractivity contribution >= 4 is 35.9 Å². The minimum atomic E-state index is -1.23. The number of carboxylic acids is 1. The molecule has 4 N–H and O–H groups in total. The van der Waals surface area contributed by atoms with E-state index in [-0.39, 0.29) is 43.7 Å². The fourth-order valence-corrected chi connectivity index (χ4v) is 7.32. The number of alkyl carbamates (subject to hydrolysis) is 2. The maximum absolute atomic E-state index is 14.4. The van der Waals surface area contributed by atoms with Crippen LogP contribution in [0.25, 0.3) is 0 Å². The predicted octanol–water partition coefficient (Wildman–Crippen LogP) is 5.60. The van der Waals surface area contributed by atoms with Gasteiger partial charge in [-0.1, -0.05) is 86.7 Å². The molecule has 0 aliphatic carbocycles. The molecule has 0 spiro atoms. The van der Waals surface area contributed by atoms with Crippen molar-refractivity contribution in [1.82, 2.24) is 25.8 Å². The lowest BCUT2D eigenvalue weighted by molar-refractivity contribution is -0.148. The number of rotatable bonds is 18. The molecule has 0 aromatic heterocycles. The molecular weight excluding hydrogens is 743 g/mol. The smallest absolute Gasteiger partial charge is 0.408 e. The Morgan fingerprint density at radius 3 is 2.07 bits per heavy atom. The SMILES string of the molecule is CC(C)C[C@@H](/C=C/[C@@H](Cc1ccccc1)C(=O)N1CCC[C@H]1C(=O)N1CCC[C@H]1C(=O)N[C@@H](CCCNC(=O)OCc1ccccc1)C(=O)O)NC(=O)OC(C)(C)C. The second-order valence-corrected chi connectivity index (χ2v) is 16.5. The Balaban J connectivity index is 1.40. The molecule has 2 fully saturated rings. The second-order valence-electron chi connectivity index (χ2n) is 16.5. The number of carbonyl (C=O) groups is 6. The number of likely N-dealkylation sites (tertiary alicyclic amines) is 2. The van der Waals surface area contributed by atoms with Gasteiger partial charge in [0.25, 0.3) is 0 Å². The Kier molecular flexibility index (Phi) is 17.1. The van der Waals surface area contributed by atoms with Gasteiger partial charge in [-0.3, -0.25) is 14.4 Å². The lowest BCUT2D eigenvalue weighted by Gasteiger charge is -2.33. The third kappa shape index (κ3) is 14.5. The second kappa shape index (κ2) is 21.9. The lowest BCUT2D eigenvalue weighted by atomic mass is 9.94. The van der Waals surface area contributed by atoms with E-state index < -0.39 is 59.7 Å². The number of aliphatic carboxylic acids is 1. The summed E-state index contributed by atoms with van der Waals surface area (Å²) < 4.78 is 10.7. The largest absolute Gasteiger partial charge is 0.480 e. The molecule has 2 aromatic carbocycles. The third-order valence-corrected chi connectivity index (χ3v) is 10.0. The zero-order valence-electron chi connectivity index (χ0n) is 34.5. The minimum Gasteiger partial charge on any atom is -0.480 e. The molecule has 0 saturated carbocycles. The van der Waals surface area contributed by atoms with Crippen LogP contribution in [0.15, 0.2) is 72.8 Å². The summed E-state index contributed by atoms with van der Waals surface area (Å²) in [5.74, 6) is -2.75. The van der Waals surface area contributed by atoms with Crippen LogP contribution < -0.4 is 16.0 Å². The van der Waals surface area contributed by atoms with Gasteiger partial charge in [-0.25, -0.2) is 14.4 Å². The van der Waals surface area contributed by atoms with Crippen LogP contribution >= 0.6 is 0 Å². The van der Waals surface area contributed by atoms with Gasteiger partial charge in [0.2, 0.25) is 17.7 Å². The number of nitrogens with zero attached hydrogens (tertiary/aromatic N) is 2. The first kappa shape index (κ1) is 45.3. The maximum Gasteiger partial charge on any atom is 0.408 e. The van der Waals surface area contributed by atoms with Crippen LogP contribution in [0.4, 0.5) is 9.59 Å². The molecule has 2 aromatic rings. The molecule has 2 saturated heterocycles. The van der Waals surface area contributed by atoms with Gasteiger partial charge in [0.05, 0.1) is 12.0 Å². The minimum absolute atomic E-state index is 0.0489. The van der Waals surface area contributed by atoms with E-state index in [1.807, 2.05) is 86.7 Å². The molecule has 14 nitrogen and oxygen atoms in total. The molecule has 0 bridgehead atoms. The van der Waals surface area contributed by atoms with Crippen LogP contribution in [0.2, 0.25) is 0 Å². The Morgan fingerprint density at radius 1 is 0.828 bits per heavy atom. The molecular formula is C44H61N5O9. The molecule has 0 radical (unpaired) electrons. The van der Waals surface area contributed by atoms with Crippen molar-refractivity contribution in [2.75, 3.05) is 19.6 Å². The summed E-state index contributed by atoms with van der Waals surface area (Å²) >= 11 is 0. The summed E-state index contributed by atoms with van der Waals surface area (Å²) in [6, 6.07) is 15.5. The van der Waals surface area contributed by atoms with Crippen LogP contribution in [0.5, 0.6) is 0 Å². The van der Waals surface area contributed by atoms with E-state index in [0.717, 1.165) is 11.1 Å². The van der Waals surface area contributed by atoms with Gasteiger partial charge in [0, 0.05) is 19.6 Å². The Labute approximate surface area is 342 Å². The first-order valence-corrected chi connectivity index (χ1v) is 20.4. The molecule has 5 atom stereocenters. The van der Waals surface area contributed by atoms with Gasteiger partial charge in [-0.15, -0.1) is 0 Å². The van der Waals surface area contributed by atoms with Crippen molar-refractivity contribution in [2.45, 2.75) is 122 Å². The molecule has 14 heteroatoms. The summed E-state index contributed by atoms with van der Waals surface area (Å²) in [5.41, 5.74) is 1.10. The number of hydrogen-bond acceptors (Lipinski definition) is 8. The molecule has 58 heavy (non-hydrogen) atoms. The fourth-order valence-electron chi connectivity index (χ4n) is 7.32. The van der Waals surface area contributed by atoms with Gasteiger partial charge in [0.15, 0.2) is 0 Å². The molecule has 0 unspecified atom stereocenters. The average molecular weight is 804 g/mol. The Morgan fingerprint density at radius 2 is 1.45 bits per heavy atom.